The molecule has 3 aromatic rings. The minimum atomic E-state index is -0.799. The molecule has 2 heterocycles. The average molecular weight is 417 g/mol. The van der Waals surface area contributed by atoms with Gasteiger partial charge in [-0.15, -0.1) is 10.2 Å². The topological polar surface area (TPSA) is 69.6 Å². The van der Waals surface area contributed by atoms with Crippen LogP contribution in [0.5, 0.6) is 0 Å². The first-order chi connectivity index (χ1) is 15.0. The molecule has 2 aromatic carbocycles. The Morgan fingerprint density at radius 2 is 1.65 bits per heavy atom. The van der Waals surface area contributed by atoms with E-state index in [1.165, 1.54) is 0 Å². The van der Waals surface area contributed by atoms with Crippen LogP contribution in [0.4, 0.5) is 5.82 Å². The number of aromatic nitrogens is 2. The lowest BCUT2D eigenvalue weighted by atomic mass is 10.0. The summed E-state index contributed by atoms with van der Waals surface area (Å²) in [5.74, 6) is 0.105. The number of carboxylic acids is 1. The zero-order valence-electron chi connectivity index (χ0n) is 18.0. The third-order valence-electron chi connectivity index (χ3n) is 5.86. The first kappa shape index (κ1) is 21.0. The van der Waals surface area contributed by atoms with Crippen LogP contribution in [0.25, 0.3) is 11.3 Å². The van der Waals surface area contributed by atoms with Crippen molar-refractivity contribution in [3.05, 3.63) is 77.9 Å². The molecule has 1 fully saturated rings. The fraction of sp³-hybridized carbons (Fsp3) is 0.320. The summed E-state index contributed by atoms with van der Waals surface area (Å²) in [6.45, 7) is 7.02. The molecule has 6 nitrogen and oxygen atoms in total. The second-order valence-electron chi connectivity index (χ2n) is 8.31. The molecule has 1 aromatic heterocycles. The molecule has 1 aliphatic heterocycles. The average Bonchev–Trinajstić information content (AvgIpc) is 2.77. The van der Waals surface area contributed by atoms with Crippen LogP contribution >= 0.6 is 0 Å². The highest BCUT2D eigenvalue weighted by atomic mass is 16.4. The van der Waals surface area contributed by atoms with Gasteiger partial charge in [-0.3, -0.25) is 9.69 Å². The van der Waals surface area contributed by atoms with E-state index in [0.717, 1.165) is 47.8 Å². The molecule has 1 saturated heterocycles. The Morgan fingerprint density at radius 3 is 2.29 bits per heavy atom. The minimum absolute atomic E-state index is 0.0599. The summed E-state index contributed by atoms with van der Waals surface area (Å²) in [5.41, 5.74) is 3.94. The van der Waals surface area contributed by atoms with E-state index in [1.807, 2.05) is 54.6 Å². The van der Waals surface area contributed by atoms with Crippen molar-refractivity contribution >= 4 is 11.8 Å². The van der Waals surface area contributed by atoms with Crippen molar-refractivity contribution < 1.29 is 9.90 Å². The molecule has 160 valence electrons. The highest BCUT2D eigenvalue weighted by Gasteiger charge is 2.30. The van der Waals surface area contributed by atoms with Gasteiger partial charge in [-0.2, -0.15) is 0 Å². The predicted octanol–water partition coefficient (Wildman–Crippen LogP) is 3.87. The Balaban J connectivity index is 1.43. The summed E-state index contributed by atoms with van der Waals surface area (Å²) in [6, 6.07) is 22.8. The summed E-state index contributed by atoms with van der Waals surface area (Å²) < 4.78 is 0. The van der Waals surface area contributed by atoms with Crippen LogP contribution in [0.15, 0.2) is 66.7 Å². The second-order valence-corrected chi connectivity index (χ2v) is 8.31. The lowest BCUT2D eigenvalue weighted by molar-refractivity contribution is -0.136. The maximum absolute atomic E-state index is 11.0. The van der Waals surface area contributed by atoms with Gasteiger partial charge in [0.15, 0.2) is 5.82 Å². The fourth-order valence-corrected chi connectivity index (χ4v) is 4.34. The molecule has 1 aliphatic rings. The number of piperazine rings is 1. The van der Waals surface area contributed by atoms with Crippen LogP contribution in [0.2, 0.25) is 0 Å². The standard InChI is InChI=1S/C25H28N4O2/c1-18-15-28(24-12-11-23(26-27-24)22-9-4-3-5-10-22)16-19(2)29(18)17-21-8-6-7-20(13-21)14-25(30)31/h3-13,18-19H,14-17H2,1-2H3,(H,30,31)/t18-,19+. The van der Waals surface area contributed by atoms with Gasteiger partial charge in [-0.1, -0.05) is 54.6 Å². The number of carboxylic acid groups (broad SMARTS) is 1. The van der Waals surface area contributed by atoms with Crippen molar-refractivity contribution in [1.29, 1.82) is 0 Å². The van der Waals surface area contributed by atoms with Crippen LogP contribution in [0.3, 0.4) is 0 Å². The molecule has 0 aliphatic carbocycles. The number of aliphatic carboxylic acids is 1. The third-order valence-corrected chi connectivity index (χ3v) is 5.86. The number of carbonyl (C=O) groups is 1. The molecule has 2 atom stereocenters. The highest BCUT2D eigenvalue weighted by molar-refractivity contribution is 5.70. The van der Waals surface area contributed by atoms with Gasteiger partial charge in [0.05, 0.1) is 12.1 Å². The van der Waals surface area contributed by atoms with Gasteiger partial charge in [0.1, 0.15) is 0 Å². The summed E-state index contributed by atoms with van der Waals surface area (Å²) in [4.78, 5) is 15.8. The van der Waals surface area contributed by atoms with E-state index in [0.29, 0.717) is 12.1 Å². The quantitative estimate of drug-likeness (QED) is 0.658. The largest absolute Gasteiger partial charge is 0.481 e. The molecule has 31 heavy (non-hydrogen) atoms. The van der Waals surface area contributed by atoms with Crippen LogP contribution in [-0.2, 0) is 17.8 Å². The van der Waals surface area contributed by atoms with Crippen molar-refractivity contribution in [1.82, 2.24) is 15.1 Å². The number of rotatable bonds is 6. The second kappa shape index (κ2) is 9.27. The fourth-order valence-electron chi connectivity index (χ4n) is 4.34. The first-order valence-electron chi connectivity index (χ1n) is 10.7. The Bertz CT molecular complexity index is 1010. The Kier molecular flexibility index (Phi) is 6.28. The lowest BCUT2D eigenvalue weighted by Gasteiger charge is -2.45. The Hall–Kier alpha value is -3.25. The summed E-state index contributed by atoms with van der Waals surface area (Å²) >= 11 is 0. The van der Waals surface area contributed by atoms with Gasteiger partial charge in [0.25, 0.3) is 0 Å². The van der Waals surface area contributed by atoms with Gasteiger partial charge < -0.3 is 10.0 Å². The molecule has 0 unspecified atom stereocenters. The van der Waals surface area contributed by atoms with Crippen LogP contribution in [-0.4, -0.2) is 51.3 Å². The number of hydrogen-bond donors (Lipinski definition) is 1. The number of anilines is 1. The lowest BCUT2D eigenvalue weighted by Crippen LogP contribution is -2.56. The zero-order chi connectivity index (χ0) is 21.8. The van der Waals surface area contributed by atoms with E-state index in [-0.39, 0.29) is 6.42 Å². The van der Waals surface area contributed by atoms with Crippen LogP contribution in [0, 0.1) is 0 Å². The van der Waals surface area contributed by atoms with Crippen molar-refractivity contribution in [3.63, 3.8) is 0 Å². The van der Waals surface area contributed by atoms with Crippen molar-refractivity contribution in [3.8, 4) is 11.3 Å². The normalized spacial score (nSPS) is 19.4. The smallest absolute Gasteiger partial charge is 0.307 e. The molecule has 0 spiro atoms. The van der Waals surface area contributed by atoms with E-state index in [4.69, 9.17) is 5.11 Å². The Morgan fingerprint density at radius 1 is 0.935 bits per heavy atom. The zero-order valence-corrected chi connectivity index (χ0v) is 18.0. The molecule has 0 amide bonds. The maximum atomic E-state index is 11.0. The number of hydrogen-bond acceptors (Lipinski definition) is 5. The molecule has 0 saturated carbocycles. The highest BCUT2D eigenvalue weighted by Crippen LogP contribution is 2.24. The molecule has 0 bridgehead atoms. The maximum Gasteiger partial charge on any atom is 0.307 e. The van der Waals surface area contributed by atoms with Crippen molar-refractivity contribution in [2.45, 2.75) is 38.9 Å². The third kappa shape index (κ3) is 5.09. The Labute approximate surface area is 183 Å². The van der Waals surface area contributed by atoms with Gasteiger partial charge in [-0.25, -0.2) is 0 Å². The molecule has 1 N–H and O–H groups in total. The number of nitrogens with zero attached hydrogens (tertiary/aromatic N) is 4. The van der Waals surface area contributed by atoms with Crippen molar-refractivity contribution in [2.24, 2.45) is 0 Å². The van der Waals surface area contributed by atoms with Gasteiger partial charge in [0, 0.05) is 37.3 Å². The van der Waals surface area contributed by atoms with E-state index in [9.17, 15) is 4.79 Å². The van der Waals surface area contributed by atoms with Gasteiger partial charge in [-0.05, 0) is 37.1 Å². The SMILES string of the molecule is C[C@@H]1CN(c2ccc(-c3ccccc3)nn2)C[C@H](C)N1Cc1cccc(CC(=O)O)c1. The van der Waals surface area contributed by atoms with E-state index in [2.05, 4.69) is 46.0 Å². The molecular weight excluding hydrogens is 388 g/mol. The summed E-state index contributed by atoms with van der Waals surface area (Å²) in [5, 5.41) is 18.0. The molecule has 0 radical (unpaired) electrons. The van der Waals surface area contributed by atoms with Crippen LogP contribution < -0.4 is 4.90 Å². The van der Waals surface area contributed by atoms with Gasteiger partial charge >= 0.3 is 5.97 Å². The number of benzene rings is 2. The van der Waals surface area contributed by atoms with Gasteiger partial charge in [0.2, 0.25) is 0 Å². The molecular formula is C25H28N4O2. The van der Waals surface area contributed by atoms with Crippen molar-refractivity contribution in [2.75, 3.05) is 18.0 Å². The van der Waals surface area contributed by atoms with E-state index in [1.54, 1.807) is 0 Å². The molecule has 6 heteroatoms. The predicted molar refractivity (Wildman–Crippen MR) is 122 cm³/mol. The summed E-state index contributed by atoms with van der Waals surface area (Å²) in [6.07, 6.45) is 0.0599. The van der Waals surface area contributed by atoms with E-state index >= 15 is 0 Å². The monoisotopic (exact) mass is 416 g/mol. The first-order valence-corrected chi connectivity index (χ1v) is 10.7. The summed E-state index contributed by atoms with van der Waals surface area (Å²) in [7, 11) is 0. The minimum Gasteiger partial charge on any atom is -0.481 e. The molecule has 4 rings (SSSR count). The van der Waals surface area contributed by atoms with Crippen LogP contribution in [0.1, 0.15) is 25.0 Å². The van der Waals surface area contributed by atoms with E-state index < -0.39 is 5.97 Å².